The van der Waals surface area contributed by atoms with Crippen molar-refractivity contribution in [2.24, 2.45) is 0 Å². The number of carbonyl (C=O) groups excluding carboxylic acids is 1. The van der Waals surface area contributed by atoms with Crippen LogP contribution >= 0.6 is 23.2 Å². The molecule has 2 aromatic rings. The number of hydrogen-bond donors (Lipinski definition) is 1. The number of amides is 1. The van der Waals surface area contributed by atoms with Crippen molar-refractivity contribution >= 4 is 34.8 Å². The van der Waals surface area contributed by atoms with Crippen LogP contribution in [0.1, 0.15) is 17.3 Å². The Hall–Kier alpha value is -1.91. The van der Waals surface area contributed by atoms with Crippen LogP contribution < -0.4 is 14.8 Å². The van der Waals surface area contributed by atoms with Gasteiger partial charge in [0, 0.05) is 5.02 Å². The van der Waals surface area contributed by atoms with Crippen LogP contribution in [0.5, 0.6) is 11.5 Å². The van der Waals surface area contributed by atoms with Gasteiger partial charge in [0.2, 0.25) is 0 Å². The molecule has 0 fully saturated rings. The molecule has 0 unspecified atom stereocenters. The fourth-order valence-electron chi connectivity index (χ4n) is 1.96. The highest BCUT2D eigenvalue weighted by atomic mass is 35.5. The molecule has 0 atom stereocenters. The average molecular weight is 340 g/mol. The molecule has 116 valence electrons. The van der Waals surface area contributed by atoms with E-state index in [1.165, 1.54) is 19.2 Å². The summed E-state index contributed by atoms with van der Waals surface area (Å²) in [6, 6.07) is 10.2. The van der Waals surface area contributed by atoms with Crippen LogP contribution in [0.3, 0.4) is 0 Å². The molecule has 2 rings (SSSR count). The average Bonchev–Trinajstić information content (AvgIpc) is 2.50. The van der Waals surface area contributed by atoms with Crippen LogP contribution in [0, 0.1) is 0 Å². The van der Waals surface area contributed by atoms with Crippen LogP contribution in [0.4, 0.5) is 5.69 Å². The molecule has 4 nitrogen and oxygen atoms in total. The van der Waals surface area contributed by atoms with Crippen LogP contribution in [0.15, 0.2) is 36.4 Å². The minimum Gasteiger partial charge on any atom is -0.495 e. The Morgan fingerprint density at radius 1 is 1.23 bits per heavy atom. The summed E-state index contributed by atoms with van der Waals surface area (Å²) < 4.78 is 10.7. The molecule has 2 aromatic carbocycles. The van der Waals surface area contributed by atoms with Gasteiger partial charge in [-0.25, -0.2) is 0 Å². The summed E-state index contributed by atoms with van der Waals surface area (Å²) in [4.78, 5) is 12.5. The normalized spacial score (nSPS) is 10.2. The monoisotopic (exact) mass is 339 g/mol. The molecule has 0 aliphatic rings. The summed E-state index contributed by atoms with van der Waals surface area (Å²) in [5.41, 5.74) is 0.818. The SMILES string of the molecule is CCOc1c(Cl)cc(Cl)cc1C(=O)Nc1ccccc1OC. The molecule has 0 spiro atoms. The van der Waals surface area contributed by atoms with Gasteiger partial charge >= 0.3 is 0 Å². The van der Waals surface area contributed by atoms with E-state index in [4.69, 9.17) is 32.7 Å². The highest BCUT2D eigenvalue weighted by Crippen LogP contribution is 2.33. The quantitative estimate of drug-likeness (QED) is 0.862. The Kier molecular flexibility index (Phi) is 5.52. The van der Waals surface area contributed by atoms with Crippen LogP contribution in [-0.2, 0) is 0 Å². The van der Waals surface area contributed by atoms with Crippen LogP contribution in [-0.4, -0.2) is 19.6 Å². The largest absolute Gasteiger partial charge is 0.495 e. The maximum absolute atomic E-state index is 12.5. The predicted molar refractivity (Wildman–Crippen MR) is 88.6 cm³/mol. The number of ether oxygens (including phenoxy) is 2. The number of carbonyl (C=O) groups is 1. The van der Waals surface area contributed by atoms with Crippen molar-refractivity contribution in [2.75, 3.05) is 19.0 Å². The number of nitrogens with one attached hydrogen (secondary N) is 1. The molecule has 0 saturated heterocycles. The Morgan fingerprint density at radius 2 is 1.95 bits per heavy atom. The molecule has 0 aliphatic heterocycles. The van der Waals surface area contributed by atoms with Gasteiger partial charge in [-0.2, -0.15) is 0 Å². The van der Waals surface area contributed by atoms with E-state index in [0.717, 1.165) is 0 Å². The summed E-state index contributed by atoms with van der Waals surface area (Å²) in [6.07, 6.45) is 0. The van der Waals surface area contributed by atoms with E-state index in [0.29, 0.717) is 33.8 Å². The molecule has 0 bridgehead atoms. The van der Waals surface area contributed by atoms with Crippen molar-refractivity contribution in [1.29, 1.82) is 0 Å². The third-order valence-electron chi connectivity index (χ3n) is 2.90. The first kappa shape index (κ1) is 16.5. The molecule has 6 heteroatoms. The van der Waals surface area contributed by atoms with E-state index in [2.05, 4.69) is 5.32 Å². The van der Waals surface area contributed by atoms with E-state index >= 15 is 0 Å². The minimum absolute atomic E-state index is 0.269. The maximum Gasteiger partial charge on any atom is 0.259 e. The number of benzene rings is 2. The van der Waals surface area contributed by atoms with Crippen LogP contribution in [0.25, 0.3) is 0 Å². The molecule has 0 radical (unpaired) electrons. The summed E-state index contributed by atoms with van der Waals surface area (Å²) >= 11 is 12.1. The van der Waals surface area contributed by atoms with Gasteiger partial charge in [-0.15, -0.1) is 0 Å². The number of hydrogen-bond acceptors (Lipinski definition) is 3. The van der Waals surface area contributed by atoms with Gasteiger partial charge < -0.3 is 14.8 Å². The summed E-state index contributed by atoms with van der Waals surface area (Å²) in [5.74, 6) is 0.486. The second-order valence-electron chi connectivity index (χ2n) is 4.35. The first-order valence-electron chi connectivity index (χ1n) is 6.63. The third kappa shape index (κ3) is 3.64. The minimum atomic E-state index is -0.377. The highest BCUT2D eigenvalue weighted by Gasteiger charge is 2.18. The fourth-order valence-corrected chi connectivity index (χ4v) is 2.51. The van der Waals surface area contributed by atoms with E-state index in [1.807, 2.05) is 13.0 Å². The number of halogens is 2. The first-order chi connectivity index (χ1) is 10.6. The molecular formula is C16H15Cl2NO3. The zero-order chi connectivity index (χ0) is 16.1. The molecule has 0 saturated carbocycles. The first-order valence-corrected chi connectivity index (χ1v) is 7.38. The molecule has 1 N–H and O–H groups in total. The standard InChI is InChI=1S/C16H15Cl2NO3/c1-3-22-15-11(8-10(17)9-12(15)18)16(20)19-13-6-4-5-7-14(13)21-2/h4-9H,3H2,1-2H3,(H,19,20). The molecule has 0 aliphatic carbocycles. The summed E-state index contributed by atoms with van der Waals surface area (Å²) in [7, 11) is 1.53. The van der Waals surface area contributed by atoms with Gasteiger partial charge in [0.25, 0.3) is 5.91 Å². The van der Waals surface area contributed by atoms with E-state index < -0.39 is 0 Å². The lowest BCUT2D eigenvalue weighted by Gasteiger charge is -2.14. The van der Waals surface area contributed by atoms with Gasteiger partial charge in [-0.1, -0.05) is 35.3 Å². The number of rotatable bonds is 5. The van der Waals surface area contributed by atoms with Crippen molar-refractivity contribution < 1.29 is 14.3 Å². The second-order valence-corrected chi connectivity index (χ2v) is 5.20. The van der Waals surface area contributed by atoms with Gasteiger partial charge in [0.05, 0.1) is 30.0 Å². The van der Waals surface area contributed by atoms with Gasteiger partial charge in [0.1, 0.15) is 5.75 Å². The second kappa shape index (κ2) is 7.38. The van der Waals surface area contributed by atoms with Crippen molar-refractivity contribution in [3.05, 3.63) is 52.0 Å². The molecule has 0 heterocycles. The van der Waals surface area contributed by atoms with Crippen molar-refractivity contribution in [3.8, 4) is 11.5 Å². The highest BCUT2D eigenvalue weighted by molar-refractivity contribution is 6.36. The number of para-hydroxylation sites is 2. The van der Waals surface area contributed by atoms with E-state index in [1.54, 1.807) is 18.2 Å². The van der Waals surface area contributed by atoms with Crippen molar-refractivity contribution in [2.45, 2.75) is 6.92 Å². The lowest BCUT2D eigenvalue weighted by molar-refractivity contribution is 0.102. The van der Waals surface area contributed by atoms with E-state index in [9.17, 15) is 4.79 Å². The summed E-state index contributed by atoms with van der Waals surface area (Å²) in [5, 5.41) is 3.42. The van der Waals surface area contributed by atoms with Crippen LogP contribution in [0.2, 0.25) is 10.0 Å². The lowest BCUT2D eigenvalue weighted by Crippen LogP contribution is -2.14. The van der Waals surface area contributed by atoms with Gasteiger partial charge in [0.15, 0.2) is 5.75 Å². The smallest absolute Gasteiger partial charge is 0.259 e. The Balaban J connectivity index is 2.37. The van der Waals surface area contributed by atoms with Gasteiger partial charge in [-0.05, 0) is 31.2 Å². The Labute approximate surface area is 138 Å². The number of anilines is 1. The lowest BCUT2D eigenvalue weighted by atomic mass is 10.1. The van der Waals surface area contributed by atoms with E-state index in [-0.39, 0.29) is 11.5 Å². The predicted octanol–water partition coefficient (Wildman–Crippen LogP) is 4.65. The zero-order valence-corrected chi connectivity index (χ0v) is 13.7. The zero-order valence-electron chi connectivity index (χ0n) is 12.2. The summed E-state index contributed by atoms with van der Waals surface area (Å²) in [6.45, 7) is 2.20. The van der Waals surface area contributed by atoms with Crippen molar-refractivity contribution in [1.82, 2.24) is 0 Å². The van der Waals surface area contributed by atoms with Crippen molar-refractivity contribution in [3.63, 3.8) is 0 Å². The molecule has 0 aromatic heterocycles. The molecular weight excluding hydrogens is 325 g/mol. The maximum atomic E-state index is 12.5. The molecule has 22 heavy (non-hydrogen) atoms. The molecule has 1 amide bonds. The Morgan fingerprint density at radius 3 is 2.64 bits per heavy atom. The fraction of sp³-hybridized carbons (Fsp3) is 0.188. The van der Waals surface area contributed by atoms with Gasteiger partial charge in [-0.3, -0.25) is 4.79 Å². The third-order valence-corrected chi connectivity index (χ3v) is 3.40. The topological polar surface area (TPSA) is 47.6 Å². The number of methoxy groups -OCH3 is 1. The Bertz CT molecular complexity index is 689.